The van der Waals surface area contributed by atoms with Crippen LogP contribution in [0, 0.1) is 0 Å². The fourth-order valence-corrected chi connectivity index (χ4v) is 3.03. The fraction of sp³-hybridized carbons (Fsp3) is 0.529. The maximum Gasteiger partial charge on any atom is 0.144 e. The molecule has 4 nitrogen and oxygen atoms in total. The molecule has 0 spiro atoms. The van der Waals surface area contributed by atoms with Crippen LogP contribution in [-0.2, 0) is 17.4 Å². The van der Waals surface area contributed by atoms with E-state index in [4.69, 9.17) is 0 Å². The molecule has 0 saturated carbocycles. The van der Waals surface area contributed by atoms with Crippen molar-refractivity contribution in [2.45, 2.75) is 58.6 Å². The molecule has 1 aromatic heterocycles. The number of hydrogen-bond donors (Lipinski definition) is 0. The molecule has 0 saturated heterocycles. The molecule has 0 aromatic carbocycles. The van der Waals surface area contributed by atoms with Crippen molar-refractivity contribution in [2.24, 2.45) is 4.40 Å². The zero-order valence-corrected chi connectivity index (χ0v) is 17.0. The summed E-state index contributed by atoms with van der Waals surface area (Å²) in [6.45, 7) is 13.7. The van der Waals surface area contributed by atoms with Gasteiger partial charge in [-0.15, -0.1) is 0 Å². The molecule has 0 aliphatic rings. The Morgan fingerprint density at radius 3 is 2.74 bits per heavy atom. The minimum absolute atomic E-state index is 0.312. The maximum absolute atomic E-state index is 12.0. The first-order valence-corrected chi connectivity index (χ1v) is 9.57. The summed E-state index contributed by atoms with van der Waals surface area (Å²) in [5.41, 5.74) is 2.86. The van der Waals surface area contributed by atoms with Crippen LogP contribution in [0.3, 0.4) is 0 Å². The van der Waals surface area contributed by atoms with Gasteiger partial charge >= 0.3 is 0 Å². The molecule has 128 valence electrons. The second kappa shape index (κ2) is 8.73. The highest BCUT2D eigenvalue weighted by Crippen LogP contribution is 2.21. The Hall–Kier alpha value is -1.01. The van der Waals surface area contributed by atoms with Crippen molar-refractivity contribution in [2.75, 3.05) is 0 Å². The summed E-state index contributed by atoms with van der Waals surface area (Å²) in [6.07, 6.45) is 8.26. The van der Waals surface area contributed by atoms with Gasteiger partial charge in [-0.3, -0.25) is 0 Å². The average Bonchev–Trinajstić information content (AvgIpc) is 2.79. The van der Waals surface area contributed by atoms with Crippen LogP contribution >= 0.6 is 15.9 Å². The lowest BCUT2D eigenvalue weighted by molar-refractivity contribution is 0.650. The first-order chi connectivity index (χ1) is 10.7. The average molecular weight is 400 g/mol. The van der Waals surface area contributed by atoms with E-state index in [1.807, 2.05) is 51.5 Å². The van der Waals surface area contributed by atoms with Gasteiger partial charge < -0.3 is 0 Å². The highest BCUT2D eigenvalue weighted by atomic mass is 79.9. The number of hydrogen-bond acceptors (Lipinski definition) is 2. The molecule has 0 amide bonds. The molecule has 0 bridgehead atoms. The van der Waals surface area contributed by atoms with Gasteiger partial charge in [-0.1, -0.05) is 12.7 Å². The molecule has 0 aliphatic heterocycles. The number of halogens is 1. The number of allylic oxidation sites excluding steroid dienone is 3. The predicted molar refractivity (Wildman–Crippen MR) is 104 cm³/mol. The van der Waals surface area contributed by atoms with E-state index in [-0.39, 0.29) is 4.75 Å². The summed E-state index contributed by atoms with van der Waals surface area (Å²) in [5, 5.41) is 4.35. The summed E-state index contributed by atoms with van der Waals surface area (Å²) >= 11 is 3.54. The molecule has 0 radical (unpaired) electrons. The van der Waals surface area contributed by atoms with Crippen molar-refractivity contribution in [1.82, 2.24) is 9.78 Å². The van der Waals surface area contributed by atoms with Gasteiger partial charge in [-0.05, 0) is 75.9 Å². The quantitative estimate of drug-likeness (QED) is 0.481. The van der Waals surface area contributed by atoms with Crippen LogP contribution in [0.1, 0.15) is 53.2 Å². The van der Waals surface area contributed by atoms with E-state index < -0.39 is 11.0 Å². The monoisotopic (exact) mass is 399 g/mol. The number of aromatic nitrogens is 2. The molecule has 1 atom stereocenters. The van der Waals surface area contributed by atoms with Crippen molar-refractivity contribution in [1.29, 1.82) is 0 Å². The molecule has 0 fully saturated rings. The van der Waals surface area contributed by atoms with Crippen LogP contribution in [0.15, 0.2) is 33.8 Å². The Morgan fingerprint density at radius 2 is 2.17 bits per heavy atom. The summed E-state index contributed by atoms with van der Waals surface area (Å²) < 4.78 is 18.8. The zero-order valence-electron chi connectivity index (χ0n) is 14.6. The van der Waals surface area contributed by atoms with Crippen LogP contribution in [0.5, 0.6) is 0 Å². The van der Waals surface area contributed by atoms with Crippen molar-refractivity contribution in [3.63, 3.8) is 0 Å². The Morgan fingerprint density at radius 1 is 1.52 bits per heavy atom. The molecule has 0 aliphatic carbocycles. The van der Waals surface area contributed by atoms with Crippen LogP contribution in [-0.4, -0.2) is 24.4 Å². The second-order valence-electron chi connectivity index (χ2n) is 6.38. The maximum atomic E-state index is 12.0. The Balaban J connectivity index is 2.70. The molecule has 1 heterocycles. The van der Waals surface area contributed by atoms with Gasteiger partial charge in [0.1, 0.15) is 11.0 Å². The second-order valence-corrected chi connectivity index (χ2v) is 9.14. The summed E-state index contributed by atoms with van der Waals surface area (Å²) in [7, 11) is -1.19. The highest BCUT2D eigenvalue weighted by Gasteiger charge is 2.19. The summed E-state index contributed by atoms with van der Waals surface area (Å²) in [4.78, 5) is 0. The molecule has 1 unspecified atom stereocenters. The van der Waals surface area contributed by atoms with E-state index in [1.54, 1.807) is 6.20 Å². The molecule has 23 heavy (non-hydrogen) atoms. The van der Waals surface area contributed by atoms with Crippen molar-refractivity contribution >= 4 is 38.3 Å². The molecule has 6 heteroatoms. The topological polar surface area (TPSA) is 47.2 Å². The van der Waals surface area contributed by atoms with Gasteiger partial charge in [-0.2, -0.15) is 9.50 Å². The Bertz CT molecular complexity index is 639. The standard InChI is InChI=1S/C17H26BrN3OS/c1-7-9-14(3)21-16(15(18)12-19-21)11-8-10-13(2)20-23(22)17(4,5)6/h7,9,12H,3,8,10-11H2,1-2,4-6H3. The lowest BCUT2D eigenvalue weighted by Crippen LogP contribution is -2.20. The van der Waals surface area contributed by atoms with E-state index in [1.165, 1.54) is 0 Å². The van der Waals surface area contributed by atoms with E-state index in [0.717, 1.165) is 40.8 Å². The van der Waals surface area contributed by atoms with E-state index >= 15 is 0 Å². The Labute approximate surface area is 150 Å². The van der Waals surface area contributed by atoms with Gasteiger partial charge in [-0.25, -0.2) is 8.89 Å². The smallest absolute Gasteiger partial charge is 0.144 e. The van der Waals surface area contributed by atoms with Gasteiger partial charge in [0, 0.05) is 5.71 Å². The van der Waals surface area contributed by atoms with Crippen molar-refractivity contribution < 1.29 is 4.21 Å². The van der Waals surface area contributed by atoms with Crippen LogP contribution in [0.4, 0.5) is 0 Å². The highest BCUT2D eigenvalue weighted by molar-refractivity contribution is 9.10. The minimum Gasteiger partial charge on any atom is -0.237 e. The zero-order chi connectivity index (χ0) is 17.6. The first-order valence-electron chi connectivity index (χ1n) is 7.67. The van der Waals surface area contributed by atoms with Crippen LogP contribution in [0.25, 0.3) is 5.70 Å². The number of nitrogens with zero attached hydrogens (tertiary/aromatic N) is 3. The summed E-state index contributed by atoms with van der Waals surface area (Å²) in [6, 6.07) is 0. The molecular formula is C17H26BrN3OS. The third-order valence-corrected chi connectivity index (χ3v) is 5.35. The third kappa shape index (κ3) is 6.18. The lowest BCUT2D eigenvalue weighted by Gasteiger charge is -2.14. The van der Waals surface area contributed by atoms with Gasteiger partial charge in [0.15, 0.2) is 0 Å². The molecule has 0 N–H and O–H groups in total. The first kappa shape index (κ1) is 20.0. The lowest BCUT2D eigenvalue weighted by atomic mass is 10.1. The van der Waals surface area contributed by atoms with Crippen LogP contribution in [0.2, 0.25) is 0 Å². The van der Waals surface area contributed by atoms with E-state index in [0.29, 0.717) is 0 Å². The van der Waals surface area contributed by atoms with Crippen molar-refractivity contribution in [3.8, 4) is 0 Å². The summed E-state index contributed by atoms with van der Waals surface area (Å²) in [5.74, 6) is 0. The molecule has 1 rings (SSSR count). The van der Waals surface area contributed by atoms with Crippen molar-refractivity contribution in [3.05, 3.63) is 35.1 Å². The SMILES string of the molecule is C=C(C=CC)n1ncc(Br)c1CCCC(C)=NS(=O)C(C)(C)C. The fourth-order valence-electron chi connectivity index (χ4n) is 1.93. The predicted octanol–water partition coefficient (Wildman–Crippen LogP) is 4.94. The minimum atomic E-state index is -1.19. The Kier molecular flexibility index (Phi) is 7.61. The normalized spacial score (nSPS) is 14.4. The largest absolute Gasteiger partial charge is 0.237 e. The van der Waals surface area contributed by atoms with Gasteiger partial charge in [0.05, 0.1) is 26.8 Å². The van der Waals surface area contributed by atoms with Gasteiger partial charge in [0.25, 0.3) is 0 Å². The molecular weight excluding hydrogens is 374 g/mol. The van der Waals surface area contributed by atoms with Gasteiger partial charge in [0.2, 0.25) is 0 Å². The van der Waals surface area contributed by atoms with E-state index in [9.17, 15) is 4.21 Å². The van der Waals surface area contributed by atoms with Crippen LogP contribution < -0.4 is 0 Å². The third-order valence-electron chi connectivity index (χ3n) is 3.16. The van der Waals surface area contributed by atoms with E-state index in [2.05, 4.69) is 32.0 Å². The number of rotatable bonds is 7. The molecule has 1 aromatic rings.